The van der Waals surface area contributed by atoms with E-state index in [0.717, 1.165) is 161 Å². The number of carbonyl (C=O) groups excluding carboxylic acids is 3. The van der Waals surface area contributed by atoms with Gasteiger partial charge in [-0.1, -0.05) is 289 Å². The van der Waals surface area contributed by atoms with Gasteiger partial charge in [-0.15, -0.1) is 0 Å². The van der Waals surface area contributed by atoms with E-state index in [9.17, 15) is 14.4 Å². The van der Waals surface area contributed by atoms with E-state index in [2.05, 4.69) is 167 Å². The Kier molecular flexibility index (Phi) is 63.9. The van der Waals surface area contributed by atoms with Crippen molar-refractivity contribution in [3.63, 3.8) is 0 Å². The predicted octanol–water partition coefficient (Wildman–Crippen LogP) is 23.1. The molecule has 0 spiro atoms. The van der Waals surface area contributed by atoms with Crippen LogP contribution < -0.4 is 0 Å². The minimum absolute atomic E-state index is 0.0934. The van der Waals surface area contributed by atoms with Crippen LogP contribution in [0.25, 0.3) is 0 Å². The first-order chi connectivity index (χ1) is 40.0. The zero-order chi connectivity index (χ0) is 58.5. The topological polar surface area (TPSA) is 78.9 Å². The van der Waals surface area contributed by atoms with Gasteiger partial charge >= 0.3 is 17.9 Å². The lowest BCUT2D eigenvalue weighted by molar-refractivity contribution is -0.167. The number of esters is 3. The van der Waals surface area contributed by atoms with E-state index in [-0.39, 0.29) is 31.1 Å². The van der Waals surface area contributed by atoms with Gasteiger partial charge in [-0.25, -0.2) is 0 Å². The lowest BCUT2D eigenvalue weighted by Crippen LogP contribution is -2.30. The van der Waals surface area contributed by atoms with E-state index in [1.807, 2.05) is 0 Å². The van der Waals surface area contributed by atoms with E-state index in [1.165, 1.54) is 89.9 Å². The minimum Gasteiger partial charge on any atom is -0.462 e. The van der Waals surface area contributed by atoms with E-state index >= 15 is 0 Å². The van der Waals surface area contributed by atoms with Crippen LogP contribution >= 0.6 is 0 Å². The smallest absolute Gasteiger partial charge is 0.306 e. The van der Waals surface area contributed by atoms with Crippen molar-refractivity contribution in [3.05, 3.63) is 146 Å². The summed E-state index contributed by atoms with van der Waals surface area (Å²) in [6.45, 7) is 6.48. The van der Waals surface area contributed by atoms with Gasteiger partial charge in [0.2, 0.25) is 0 Å². The van der Waals surface area contributed by atoms with Crippen LogP contribution in [-0.2, 0) is 28.6 Å². The number of carbonyl (C=O) groups is 3. The molecule has 0 saturated carbocycles. The number of hydrogen-bond donors (Lipinski definition) is 0. The average molecular weight is 1120 g/mol. The lowest BCUT2D eigenvalue weighted by atomic mass is 10.0. The molecule has 0 aromatic carbocycles. The Balaban J connectivity index is 4.32. The van der Waals surface area contributed by atoms with Crippen molar-refractivity contribution in [2.75, 3.05) is 13.2 Å². The van der Waals surface area contributed by atoms with E-state index in [4.69, 9.17) is 14.2 Å². The van der Waals surface area contributed by atoms with Crippen molar-refractivity contribution in [2.24, 2.45) is 0 Å². The first kappa shape index (κ1) is 76.3. The fourth-order valence-electron chi connectivity index (χ4n) is 8.85. The molecule has 1 atom stereocenters. The second-order valence-electron chi connectivity index (χ2n) is 21.6. The summed E-state index contributed by atoms with van der Waals surface area (Å²) in [7, 11) is 0. The van der Waals surface area contributed by atoms with Gasteiger partial charge in [-0.05, 0) is 128 Å². The van der Waals surface area contributed by atoms with Crippen LogP contribution in [0, 0.1) is 0 Å². The highest BCUT2D eigenvalue weighted by Crippen LogP contribution is 2.15. The number of allylic oxidation sites excluding steroid dienone is 24. The third kappa shape index (κ3) is 66.0. The van der Waals surface area contributed by atoms with Gasteiger partial charge in [0.25, 0.3) is 0 Å². The van der Waals surface area contributed by atoms with Gasteiger partial charge < -0.3 is 14.2 Å². The predicted molar refractivity (Wildman–Crippen MR) is 352 cm³/mol. The SMILES string of the molecule is CC/C=C\C/C=C\C/C=C\C/C=C\C/C=C\C/C=C\C/C=C\C/C=C\C/C=C\C/C=C\CCCCCCC(=O)OCC(COC(=O)CCCCCCCCCCCCCC)OC(=O)CCCCCCC/C=C\C/C=C\CCCCCC. The summed E-state index contributed by atoms with van der Waals surface area (Å²) in [5.41, 5.74) is 0. The van der Waals surface area contributed by atoms with Gasteiger partial charge in [0.15, 0.2) is 6.10 Å². The molecule has 0 aromatic heterocycles. The van der Waals surface area contributed by atoms with Gasteiger partial charge in [-0.2, -0.15) is 0 Å². The molecular weight excluding hydrogens is 997 g/mol. The Morgan fingerprint density at radius 1 is 0.259 bits per heavy atom. The summed E-state index contributed by atoms with van der Waals surface area (Å²) >= 11 is 0. The molecule has 81 heavy (non-hydrogen) atoms. The Hall–Kier alpha value is -4.71. The molecule has 6 nitrogen and oxygen atoms in total. The third-order valence-electron chi connectivity index (χ3n) is 13.8. The quantitative estimate of drug-likeness (QED) is 0.0261. The molecule has 0 rings (SSSR count). The Labute approximate surface area is 499 Å². The van der Waals surface area contributed by atoms with Crippen LogP contribution in [0.3, 0.4) is 0 Å². The Morgan fingerprint density at radius 2 is 0.481 bits per heavy atom. The monoisotopic (exact) mass is 1120 g/mol. The highest BCUT2D eigenvalue weighted by Gasteiger charge is 2.19. The maximum Gasteiger partial charge on any atom is 0.306 e. The summed E-state index contributed by atoms with van der Waals surface area (Å²) in [5, 5.41) is 0. The number of unbranched alkanes of at least 4 members (excludes halogenated alkanes) is 24. The average Bonchev–Trinajstić information content (AvgIpc) is 3.47. The highest BCUT2D eigenvalue weighted by atomic mass is 16.6. The molecule has 0 aliphatic heterocycles. The minimum atomic E-state index is -0.800. The molecule has 0 bridgehead atoms. The maximum atomic E-state index is 12.9. The van der Waals surface area contributed by atoms with Crippen molar-refractivity contribution in [2.45, 2.75) is 297 Å². The van der Waals surface area contributed by atoms with E-state index in [0.29, 0.717) is 19.3 Å². The number of ether oxygens (including phenoxy) is 3. The molecule has 0 aliphatic rings. The normalized spacial score (nSPS) is 13.1. The summed E-state index contributed by atoms with van der Waals surface area (Å²) in [5.74, 6) is -0.932. The van der Waals surface area contributed by atoms with Crippen molar-refractivity contribution < 1.29 is 28.6 Å². The largest absolute Gasteiger partial charge is 0.462 e. The molecule has 0 fully saturated rings. The van der Waals surface area contributed by atoms with Gasteiger partial charge in [-0.3, -0.25) is 14.4 Å². The van der Waals surface area contributed by atoms with Crippen LogP contribution in [0.5, 0.6) is 0 Å². The Morgan fingerprint density at radius 3 is 0.765 bits per heavy atom. The van der Waals surface area contributed by atoms with Crippen LogP contribution in [-0.4, -0.2) is 37.2 Å². The first-order valence-electron chi connectivity index (χ1n) is 33.3. The lowest BCUT2D eigenvalue weighted by Gasteiger charge is -2.18. The number of rotatable bonds is 59. The van der Waals surface area contributed by atoms with Crippen molar-refractivity contribution in [1.82, 2.24) is 0 Å². The summed E-state index contributed by atoms with van der Waals surface area (Å²) in [4.78, 5) is 38.3. The standard InChI is InChI=1S/C75H122O6/c1-4-7-10-13-16-19-22-25-27-29-30-31-32-33-34-35-36-37-38-39-40-41-42-43-44-45-46-47-49-50-53-56-59-62-65-68-74(77)80-71-72(70-79-73(76)67-64-61-58-55-52-24-21-18-15-12-9-6-3)81-75(78)69-66-63-60-57-54-51-48-28-26-23-20-17-14-11-8-5-2/h7,10,16,19-20,23,25,27-28,30-31,33-34,36-37,39-40,42-43,45-46,48-50,72H,4-6,8-9,11-15,17-18,21-22,24,26,29,32,35,38,41,44,47,51-71H2,1-3H3/b10-7-,19-16-,23-20-,27-25-,31-30-,34-33-,37-36-,40-39-,43-42-,46-45-,48-28-,50-49-. The third-order valence-corrected chi connectivity index (χ3v) is 13.8. The van der Waals surface area contributed by atoms with Crippen molar-refractivity contribution in [3.8, 4) is 0 Å². The zero-order valence-electron chi connectivity index (χ0n) is 52.5. The Bertz CT molecular complexity index is 1760. The van der Waals surface area contributed by atoms with Gasteiger partial charge in [0, 0.05) is 19.3 Å². The van der Waals surface area contributed by atoms with Crippen LogP contribution in [0.2, 0.25) is 0 Å². The molecule has 458 valence electrons. The van der Waals surface area contributed by atoms with Gasteiger partial charge in [0.05, 0.1) is 0 Å². The first-order valence-corrected chi connectivity index (χ1v) is 33.3. The second kappa shape index (κ2) is 67.8. The molecular formula is C75H122O6. The van der Waals surface area contributed by atoms with Crippen molar-refractivity contribution >= 4 is 17.9 Å². The van der Waals surface area contributed by atoms with Crippen LogP contribution in [0.1, 0.15) is 290 Å². The van der Waals surface area contributed by atoms with Crippen LogP contribution in [0.15, 0.2) is 146 Å². The van der Waals surface area contributed by atoms with E-state index < -0.39 is 6.10 Å². The number of hydrogen-bond acceptors (Lipinski definition) is 6. The molecule has 0 saturated heterocycles. The molecule has 0 N–H and O–H groups in total. The zero-order valence-corrected chi connectivity index (χ0v) is 52.5. The summed E-state index contributed by atoms with van der Waals surface area (Å²) in [6.07, 6.45) is 97.2. The van der Waals surface area contributed by atoms with Crippen LogP contribution in [0.4, 0.5) is 0 Å². The second-order valence-corrected chi connectivity index (χ2v) is 21.6. The maximum absolute atomic E-state index is 12.9. The molecule has 0 amide bonds. The fourth-order valence-corrected chi connectivity index (χ4v) is 8.85. The molecule has 1 unspecified atom stereocenters. The highest BCUT2D eigenvalue weighted by molar-refractivity contribution is 5.71. The molecule has 0 aliphatic carbocycles. The fraction of sp³-hybridized carbons (Fsp3) is 0.640. The van der Waals surface area contributed by atoms with Crippen molar-refractivity contribution in [1.29, 1.82) is 0 Å². The molecule has 0 heterocycles. The molecule has 6 heteroatoms. The molecule has 0 radical (unpaired) electrons. The summed E-state index contributed by atoms with van der Waals surface area (Å²) in [6, 6.07) is 0. The van der Waals surface area contributed by atoms with E-state index in [1.54, 1.807) is 0 Å². The summed E-state index contributed by atoms with van der Waals surface area (Å²) < 4.78 is 16.9. The molecule has 0 aromatic rings. The van der Waals surface area contributed by atoms with Gasteiger partial charge in [0.1, 0.15) is 13.2 Å².